The number of hydrogen-bond donors (Lipinski definition) is 0. The summed E-state index contributed by atoms with van der Waals surface area (Å²) >= 11 is 0. The molecule has 0 radical (unpaired) electrons. The molecule has 2 rings (SSSR count). The first-order valence-corrected chi connectivity index (χ1v) is 6.34. The average Bonchev–Trinajstić information content (AvgIpc) is 2.68. The van der Waals surface area contributed by atoms with Crippen molar-refractivity contribution in [2.24, 2.45) is 0 Å². The second kappa shape index (κ2) is 5.84. The third-order valence-electron chi connectivity index (χ3n) is 3.18. The molecule has 1 fully saturated rings. The van der Waals surface area contributed by atoms with Crippen LogP contribution < -0.4 is 0 Å². The Morgan fingerprint density at radius 1 is 1.37 bits per heavy atom. The van der Waals surface area contributed by atoms with Crippen molar-refractivity contribution in [3.05, 3.63) is 35.9 Å². The predicted molar refractivity (Wildman–Crippen MR) is 68.2 cm³/mol. The molecule has 1 aromatic carbocycles. The summed E-state index contributed by atoms with van der Waals surface area (Å²) in [6.45, 7) is 3.67. The number of hydroxylamine groups is 2. The van der Waals surface area contributed by atoms with Crippen LogP contribution in [0.5, 0.6) is 0 Å². The van der Waals surface area contributed by atoms with Gasteiger partial charge in [0.15, 0.2) is 5.78 Å². The number of ketones is 1. The van der Waals surface area contributed by atoms with E-state index < -0.39 is 12.2 Å². The molecule has 0 spiro atoms. The number of ether oxygens (including phenoxy) is 1. The number of carbonyl (C=O) groups excluding carboxylic acids is 2. The highest BCUT2D eigenvalue weighted by Crippen LogP contribution is 2.34. The van der Waals surface area contributed by atoms with Crippen LogP contribution in [0.2, 0.25) is 0 Å². The summed E-state index contributed by atoms with van der Waals surface area (Å²) in [6, 6.07) is 8.83. The normalized spacial score (nSPS) is 23.4. The first-order valence-electron chi connectivity index (χ1n) is 6.34. The maximum Gasteiger partial charge on any atom is 0.527 e. The summed E-state index contributed by atoms with van der Waals surface area (Å²) in [5, 5.41) is 1.43. The Labute approximate surface area is 112 Å². The van der Waals surface area contributed by atoms with Gasteiger partial charge in [0.2, 0.25) is 0 Å². The molecule has 5 heteroatoms. The van der Waals surface area contributed by atoms with E-state index in [0.29, 0.717) is 6.42 Å². The van der Waals surface area contributed by atoms with E-state index in [9.17, 15) is 9.59 Å². The molecule has 1 heterocycles. The van der Waals surface area contributed by atoms with Gasteiger partial charge in [-0.15, -0.1) is 5.06 Å². The predicted octanol–water partition coefficient (Wildman–Crippen LogP) is 2.48. The molecule has 19 heavy (non-hydrogen) atoms. The topological polar surface area (TPSA) is 55.8 Å². The van der Waals surface area contributed by atoms with E-state index in [4.69, 9.17) is 9.57 Å². The van der Waals surface area contributed by atoms with Gasteiger partial charge in [-0.3, -0.25) is 4.79 Å². The molecule has 0 N–H and O–H groups in total. The Bertz CT molecular complexity index is 460. The molecular formula is C14H17NO4. The molecule has 102 valence electrons. The molecule has 0 aliphatic carbocycles. The van der Waals surface area contributed by atoms with Crippen molar-refractivity contribution in [1.82, 2.24) is 5.06 Å². The zero-order valence-electron chi connectivity index (χ0n) is 11.0. The fourth-order valence-electron chi connectivity index (χ4n) is 2.18. The lowest BCUT2D eigenvalue weighted by Gasteiger charge is -2.25. The van der Waals surface area contributed by atoms with E-state index in [1.165, 1.54) is 5.06 Å². The maximum atomic E-state index is 11.8. The summed E-state index contributed by atoms with van der Waals surface area (Å²) in [6.07, 6.45) is -0.435. The van der Waals surface area contributed by atoms with Gasteiger partial charge in [-0.2, -0.15) is 0 Å². The summed E-state index contributed by atoms with van der Waals surface area (Å²) in [4.78, 5) is 28.4. The minimum Gasteiger partial charge on any atom is -0.433 e. The van der Waals surface area contributed by atoms with Crippen LogP contribution in [0.1, 0.15) is 31.9 Å². The quantitative estimate of drug-likeness (QED) is 0.784. The maximum absolute atomic E-state index is 11.8. The van der Waals surface area contributed by atoms with Crippen LogP contribution in [0.3, 0.4) is 0 Å². The van der Waals surface area contributed by atoms with Crippen molar-refractivity contribution in [1.29, 1.82) is 0 Å². The number of benzene rings is 1. The fraction of sp³-hybridized carbons (Fsp3) is 0.429. The van der Waals surface area contributed by atoms with Gasteiger partial charge in [0.1, 0.15) is 6.04 Å². The van der Waals surface area contributed by atoms with E-state index in [2.05, 4.69) is 0 Å². The zero-order valence-corrected chi connectivity index (χ0v) is 11.0. The minimum atomic E-state index is -0.773. The monoisotopic (exact) mass is 263 g/mol. The highest BCUT2D eigenvalue weighted by Gasteiger charge is 2.41. The Balaban J connectivity index is 2.17. The third-order valence-corrected chi connectivity index (χ3v) is 3.18. The highest BCUT2D eigenvalue weighted by atomic mass is 16.8. The SMILES string of the molecule is CCOC(=O)ON1[C@H](C)C(=O)C[C@@H]1c1ccccc1. The zero-order chi connectivity index (χ0) is 13.8. The second-order valence-electron chi connectivity index (χ2n) is 4.41. The molecule has 2 atom stereocenters. The van der Waals surface area contributed by atoms with Crippen molar-refractivity contribution >= 4 is 11.9 Å². The summed E-state index contributed by atoms with van der Waals surface area (Å²) in [5.74, 6) is 0.0538. The van der Waals surface area contributed by atoms with Crippen LogP contribution in [0, 0.1) is 0 Å². The number of Topliss-reactive ketones (excluding diaryl/α,β-unsaturated/α-hetero) is 1. The minimum absolute atomic E-state index is 0.0538. The Morgan fingerprint density at radius 3 is 2.68 bits per heavy atom. The molecule has 0 aromatic heterocycles. The number of nitrogens with zero attached hydrogens (tertiary/aromatic N) is 1. The van der Waals surface area contributed by atoms with Crippen LogP contribution in [-0.4, -0.2) is 29.7 Å². The smallest absolute Gasteiger partial charge is 0.433 e. The summed E-state index contributed by atoms with van der Waals surface area (Å²) in [5.41, 5.74) is 0.949. The van der Waals surface area contributed by atoms with E-state index in [1.807, 2.05) is 30.3 Å². The van der Waals surface area contributed by atoms with Gasteiger partial charge in [-0.1, -0.05) is 30.3 Å². The van der Waals surface area contributed by atoms with Crippen molar-refractivity contribution in [3.63, 3.8) is 0 Å². The number of carbonyl (C=O) groups is 2. The third kappa shape index (κ3) is 2.93. The first-order chi connectivity index (χ1) is 9.13. The van der Waals surface area contributed by atoms with Crippen LogP contribution in [0.25, 0.3) is 0 Å². The van der Waals surface area contributed by atoms with Crippen molar-refractivity contribution in [3.8, 4) is 0 Å². The van der Waals surface area contributed by atoms with Crippen molar-refractivity contribution in [2.45, 2.75) is 32.4 Å². The molecule has 1 aliphatic rings. The van der Waals surface area contributed by atoms with Crippen LogP contribution in [-0.2, 0) is 14.4 Å². The Kier molecular flexibility index (Phi) is 4.16. The molecule has 0 unspecified atom stereocenters. The van der Waals surface area contributed by atoms with E-state index in [0.717, 1.165) is 5.56 Å². The fourth-order valence-corrected chi connectivity index (χ4v) is 2.18. The molecule has 1 aromatic rings. The van der Waals surface area contributed by atoms with Gasteiger partial charge < -0.3 is 9.57 Å². The highest BCUT2D eigenvalue weighted by molar-refractivity contribution is 5.86. The van der Waals surface area contributed by atoms with E-state index in [-0.39, 0.29) is 18.4 Å². The average molecular weight is 263 g/mol. The summed E-state index contributed by atoms with van der Waals surface area (Å²) in [7, 11) is 0. The Hall–Kier alpha value is -1.88. The van der Waals surface area contributed by atoms with Crippen LogP contribution in [0.4, 0.5) is 4.79 Å². The lowest BCUT2D eigenvalue weighted by atomic mass is 10.1. The number of hydrogen-bond acceptors (Lipinski definition) is 5. The van der Waals surface area contributed by atoms with Crippen LogP contribution >= 0.6 is 0 Å². The van der Waals surface area contributed by atoms with Crippen molar-refractivity contribution in [2.75, 3.05) is 6.61 Å². The molecule has 0 saturated carbocycles. The standard InChI is InChI=1S/C14H17NO4/c1-3-18-14(17)19-15-10(2)13(16)9-12(15)11-7-5-4-6-8-11/h4-8,10,12H,3,9H2,1-2H3/t10-,12-/m1/s1. The molecule has 0 amide bonds. The van der Waals surface area contributed by atoms with Gasteiger partial charge >= 0.3 is 6.16 Å². The molecular weight excluding hydrogens is 246 g/mol. The molecule has 1 aliphatic heterocycles. The Morgan fingerprint density at radius 2 is 2.05 bits per heavy atom. The van der Waals surface area contributed by atoms with Gasteiger partial charge in [0.05, 0.1) is 12.6 Å². The van der Waals surface area contributed by atoms with Gasteiger partial charge in [0.25, 0.3) is 0 Å². The molecule has 0 bridgehead atoms. The largest absolute Gasteiger partial charge is 0.527 e. The lowest BCUT2D eigenvalue weighted by molar-refractivity contribution is -0.161. The van der Waals surface area contributed by atoms with Gasteiger partial charge in [-0.25, -0.2) is 4.79 Å². The molecule has 1 saturated heterocycles. The lowest BCUT2D eigenvalue weighted by Crippen LogP contribution is -2.34. The molecule has 5 nitrogen and oxygen atoms in total. The number of rotatable bonds is 3. The van der Waals surface area contributed by atoms with Gasteiger partial charge in [0, 0.05) is 6.42 Å². The van der Waals surface area contributed by atoms with Gasteiger partial charge in [-0.05, 0) is 19.4 Å². The summed E-state index contributed by atoms with van der Waals surface area (Å²) < 4.78 is 4.76. The van der Waals surface area contributed by atoms with E-state index in [1.54, 1.807) is 13.8 Å². The first kappa shape index (κ1) is 13.5. The second-order valence-corrected chi connectivity index (χ2v) is 4.41. The van der Waals surface area contributed by atoms with E-state index >= 15 is 0 Å². The van der Waals surface area contributed by atoms with Crippen LogP contribution in [0.15, 0.2) is 30.3 Å². The van der Waals surface area contributed by atoms with Crippen molar-refractivity contribution < 1.29 is 19.2 Å².